The zero-order valence-electron chi connectivity index (χ0n) is 5.14. The topological polar surface area (TPSA) is 25.8 Å². The van der Waals surface area contributed by atoms with Crippen LogP contribution < -0.4 is 0 Å². The molecule has 0 aliphatic heterocycles. The summed E-state index contributed by atoms with van der Waals surface area (Å²) in [7, 11) is 0. The molecule has 54 valence electrons. The maximum Gasteiger partial charge on any atom is 0.198 e. The van der Waals surface area contributed by atoms with Crippen molar-refractivity contribution in [2.45, 2.75) is 5.03 Å². The van der Waals surface area contributed by atoms with Crippen LogP contribution in [0.3, 0.4) is 0 Å². The summed E-state index contributed by atoms with van der Waals surface area (Å²) in [6.07, 6.45) is 1.97. The molecule has 0 atom stereocenters. The van der Waals surface area contributed by atoms with Crippen LogP contribution >= 0.6 is 43.6 Å². The number of hydrogen-bond donors (Lipinski definition) is 0. The van der Waals surface area contributed by atoms with E-state index < -0.39 is 0 Å². The summed E-state index contributed by atoms with van der Waals surface area (Å²) in [5.74, 6) is 0. The third-order valence-electron chi connectivity index (χ3n) is 0.853. The van der Waals surface area contributed by atoms with Crippen LogP contribution in [0.4, 0.5) is 0 Å². The van der Waals surface area contributed by atoms with Crippen molar-refractivity contribution in [1.29, 1.82) is 0 Å². The van der Waals surface area contributed by atoms with E-state index in [1.165, 1.54) is 0 Å². The molecule has 0 saturated heterocycles. The summed E-state index contributed by atoms with van der Waals surface area (Å²) in [5, 5.41) is 0.953. The van der Waals surface area contributed by atoms with Crippen LogP contribution in [0.5, 0.6) is 0 Å². The summed E-state index contributed by atoms with van der Waals surface area (Å²) in [6, 6.07) is 1.87. The van der Waals surface area contributed by atoms with Gasteiger partial charge in [-0.05, 0) is 38.1 Å². The Balaban J connectivity index is 3.06. The largest absolute Gasteiger partial charge is 0.216 e. The highest BCUT2D eigenvalue weighted by Gasteiger charge is 1.97. The van der Waals surface area contributed by atoms with Crippen LogP contribution in [0.15, 0.2) is 20.4 Å². The second-order valence-electron chi connectivity index (χ2n) is 1.50. The predicted octanol–water partition coefficient (Wildman–Crippen LogP) is 2.72. The number of halogens is 2. The minimum absolute atomic E-state index is 0.617. The van der Waals surface area contributed by atoms with Gasteiger partial charge in [-0.3, -0.25) is 0 Å². The van der Waals surface area contributed by atoms with Crippen LogP contribution in [0.2, 0.25) is 0 Å². The summed E-state index contributed by atoms with van der Waals surface area (Å²) in [6.45, 7) is 0. The summed E-state index contributed by atoms with van der Waals surface area (Å²) >= 11 is 8.03. The summed E-state index contributed by atoms with van der Waals surface area (Å²) in [5.41, 5.74) is 0. The van der Waals surface area contributed by atoms with Crippen molar-refractivity contribution in [3.8, 4) is 0 Å². The highest BCUT2D eigenvalue weighted by molar-refractivity contribution is 9.11. The lowest BCUT2D eigenvalue weighted by atomic mass is 10.7. The van der Waals surface area contributed by atoms with Gasteiger partial charge in [-0.25, -0.2) is 9.97 Å². The van der Waals surface area contributed by atoms with Gasteiger partial charge in [0.25, 0.3) is 0 Å². The van der Waals surface area contributed by atoms with Crippen LogP contribution in [0, 0.1) is 0 Å². The monoisotopic (exact) mass is 282 g/mol. The van der Waals surface area contributed by atoms with Gasteiger partial charge in [0.1, 0.15) is 9.63 Å². The molecule has 1 heterocycles. The first kappa shape index (κ1) is 8.49. The van der Waals surface area contributed by atoms with E-state index in [0.717, 1.165) is 9.63 Å². The van der Waals surface area contributed by atoms with Gasteiger partial charge in [-0.1, -0.05) is 0 Å². The minimum atomic E-state index is 0.617. The molecular formula is C5H4Br2N2S. The van der Waals surface area contributed by atoms with Crippen molar-refractivity contribution in [3.63, 3.8) is 0 Å². The van der Waals surface area contributed by atoms with Gasteiger partial charge in [-0.2, -0.15) is 0 Å². The first-order valence-electron chi connectivity index (χ1n) is 2.46. The zero-order chi connectivity index (χ0) is 7.56. The average Bonchev–Trinajstić information content (AvgIpc) is 1.85. The van der Waals surface area contributed by atoms with Gasteiger partial charge in [0, 0.05) is 6.07 Å². The van der Waals surface area contributed by atoms with Gasteiger partial charge >= 0.3 is 0 Å². The quantitative estimate of drug-likeness (QED) is 0.450. The van der Waals surface area contributed by atoms with Gasteiger partial charge < -0.3 is 0 Å². The molecule has 0 aromatic carbocycles. The normalized spacial score (nSPS) is 9.90. The van der Waals surface area contributed by atoms with E-state index in [2.05, 4.69) is 41.8 Å². The molecule has 0 spiro atoms. The third kappa shape index (κ3) is 2.21. The van der Waals surface area contributed by atoms with Gasteiger partial charge in [-0.15, -0.1) is 11.8 Å². The SMILES string of the molecule is CSc1cc(Br)nc(Br)n1. The Kier molecular flexibility index (Phi) is 3.13. The molecule has 2 nitrogen and oxygen atoms in total. The Bertz CT molecular complexity index is 221. The lowest BCUT2D eigenvalue weighted by Gasteiger charge is -1.95. The zero-order valence-corrected chi connectivity index (χ0v) is 9.12. The van der Waals surface area contributed by atoms with Crippen LogP contribution in [-0.2, 0) is 0 Å². The van der Waals surface area contributed by atoms with E-state index in [-0.39, 0.29) is 0 Å². The first-order chi connectivity index (χ1) is 4.72. The van der Waals surface area contributed by atoms with E-state index in [4.69, 9.17) is 0 Å². The number of nitrogens with zero attached hydrogens (tertiary/aromatic N) is 2. The van der Waals surface area contributed by atoms with Crippen LogP contribution in [0.1, 0.15) is 0 Å². The van der Waals surface area contributed by atoms with Crippen molar-refractivity contribution >= 4 is 43.6 Å². The van der Waals surface area contributed by atoms with E-state index in [9.17, 15) is 0 Å². The van der Waals surface area contributed by atoms with Crippen molar-refractivity contribution in [2.75, 3.05) is 6.26 Å². The molecule has 0 saturated carbocycles. The molecule has 1 aromatic rings. The highest BCUT2D eigenvalue weighted by atomic mass is 79.9. The maximum absolute atomic E-state index is 4.09. The molecule has 0 unspecified atom stereocenters. The number of thioether (sulfide) groups is 1. The molecule has 10 heavy (non-hydrogen) atoms. The van der Waals surface area contributed by atoms with Crippen LogP contribution in [0.25, 0.3) is 0 Å². The second kappa shape index (κ2) is 3.69. The molecule has 0 amide bonds. The van der Waals surface area contributed by atoms with Gasteiger partial charge in [0.15, 0.2) is 4.73 Å². The van der Waals surface area contributed by atoms with E-state index in [1.807, 2.05) is 12.3 Å². The standard InChI is InChI=1S/C5H4Br2N2S/c1-10-4-2-3(6)8-5(7)9-4/h2H,1H3. The predicted molar refractivity (Wildman–Crippen MR) is 49.2 cm³/mol. The van der Waals surface area contributed by atoms with E-state index in [0.29, 0.717) is 4.73 Å². The van der Waals surface area contributed by atoms with Crippen molar-refractivity contribution in [2.24, 2.45) is 0 Å². The first-order valence-corrected chi connectivity index (χ1v) is 5.27. The van der Waals surface area contributed by atoms with Gasteiger partial charge in [0.2, 0.25) is 0 Å². The lowest BCUT2D eigenvalue weighted by Crippen LogP contribution is -1.85. The Hall–Kier alpha value is 0.390. The molecule has 0 bridgehead atoms. The lowest BCUT2D eigenvalue weighted by molar-refractivity contribution is 0.988. The molecule has 5 heteroatoms. The third-order valence-corrected chi connectivity index (χ3v) is 2.24. The van der Waals surface area contributed by atoms with Gasteiger partial charge in [0.05, 0.1) is 0 Å². The van der Waals surface area contributed by atoms with Crippen molar-refractivity contribution < 1.29 is 0 Å². The maximum atomic E-state index is 4.09. The summed E-state index contributed by atoms with van der Waals surface area (Å²) < 4.78 is 1.42. The molecule has 1 rings (SSSR count). The Morgan fingerprint density at radius 3 is 2.60 bits per heavy atom. The van der Waals surface area contributed by atoms with Crippen LogP contribution in [-0.4, -0.2) is 16.2 Å². The van der Waals surface area contributed by atoms with Crippen molar-refractivity contribution in [3.05, 3.63) is 15.4 Å². The number of hydrogen-bond acceptors (Lipinski definition) is 3. The average molecular weight is 284 g/mol. The molecule has 0 N–H and O–H groups in total. The van der Waals surface area contributed by atoms with E-state index in [1.54, 1.807) is 11.8 Å². The minimum Gasteiger partial charge on any atom is -0.216 e. The Morgan fingerprint density at radius 2 is 2.10 bits per heavy atom. The fourth-order valence-corrected chi connectivity index (χ4v) is 2.16. The Morgan fingerprint density at radius 1 is 1.40 bits per heavy atom. The fourth-order valence-electron chi connectivity index (χ4n) is 0.475. The fraction of sp³-hybridized carbons (Fsp3) is 0.200. The molecule has 0 aliphatic rings. The smallest absolute Gasteiger partial charge is 0.198 e. The van der Waals surface area contributed by atoms with Crippen molar-refractivity contribution in [1.82, 2.24) is 9.97 Å². The molecule has 1 aromatic heterocycles. The summed E-state index contributed by atoms with van der Waals surface area (Å²) in [4.78, 5) is 8.08. The second-order valence-corrected chi connectivity index (χ2v) is 3.85. The molecule has 0 aliphatic carbocycles. The molecule has 0 fully saturated rings. The van der Waals surface area contributed by atoms with E-state index >= 15 is 0 Å². The highest BCUT2D eigenvalue weighted by Crippen LogP contribution is 2.18. The number of aromatic nitrogens is 2. The molecule has 0 radical (unpaired) electrons. The number of rotatable bonds is 1. The molecular weight excluding hydrogens is 280 g/mol. The Labute approximate surface area is 80.1 Å².